The molecule has 0 aliphatic heterocycles. The van der Waals surface area contributed by atoms with Crippen molar-refractivity contribution in [3.8, 4) is 6.07 Å². The Morgan fingerprint density at radius 1 is 1.40 bits per heavy atom. The smallest absolute Gasteiger partial charge is 0.0870 e. The SMILES string of the molecule is CCC1CCCC(N(CC#N)C(C)C)C1. The van der Waals surface area contributed by atoms with Crippen LogP contribution in [0.25, 0.3) is 0 Å². The van der Waals surface area contributed by atoms with Crippen molar-refractivity contribution >= 4 is 0 Å². The minimum Gasteiger partial charge on any atom is -0.285 e. The van der Waals surface area contributed by atoms with Gasteiger partial charge in [-0.25, -0.2) is 0 Å². The molecule has 0 aromatic heterocycles. The molecule has 0 aromatic rings. The summed E-state index contributed by atoms with van der Waals surface area (Å²) < 4.78 is 0. The predicted molar refractivity (Wildman–Crippen MR) is 63.5 cm³/mol. The lowest BCUT2D eigenvalue weighted by Crippen LogP contribution is -2.43. The van der Waals surface area contributed by atoms with Gasteiger partial charge in [0.1, 0.15) is 0 Å². The number of rotatable bonds is 4. The Balaban J connectivity index is 2.55. The molecule has 1 fully saturated rings. The lowest BCUT2D eigenvalue weighted by molar-refractivity contribution is 0.113. The van der Waals surface area contributed by atoms with Gasteiger partial charge in [-0.05, 0) is 32.6 Å². The van der Waals surface area contributed by atoms with E-state index in [1.807, 2.05) is 0 Å². The van der Waals surface area contributed by atoms with Gasteiger partial charge in [-0.15, -0.1) is 0 Å². The van der Waals surface area contributed by atoms with Crippen LogP contribution >= 0.6 is 0 Å². The highest BCUT2D eigenvalue weighted by atomic mass is 15.2. The zero-order chi connectivity index (χ0) is 11.3. The van der Waals surface area contributed by atoms with Crippen molar-refractivity contribution in [1.82, 2.24) is 4.90 Å². The minimum atomic E-state index is 0.505. The Morgan fingerprint density at radius 2 is 2.13 bits per heavy atom. The summed E-state index contributed by atoms with van der Waals surface area (Å²) in [5.74, 6) is 0.892. The molecule has 2 nitrogen and oxygen atoms in total. The molecule has 1 saturated carbocycles. The molecule has 1 aliphatic carbocycles. The molecule has 1 aliphatic rings. The van der Waals surface area contributed by atoms with E-state index >= 15 is 0 Å². The second kappa shape index (κ2) is 6.12. The molecule has 0 radical (unpaired) electrons. The van der Waals surface area contributed by atoms with Crippen molar-refractivity contribution in [3.05, 3.63) is 0 Å². The Morgan fingerprint density at radius 3 is 2.67 bits per heavy atom. The van der Waals surface area contributed by atoms with E-state index in [1.54, 1.807) is 0 Å². The maximum Gasteiger partial charge on any atom is 0.0870 e. The van der Waals surface area contributed by atoms with Crippen molar-refractivity contribution in [2.24, 2.45) is 5.92 Å². The summed E-state index contributed by atoms with van der Waals surface area (Å²) in [6, 6.07) is 3.47. The fourth-order valence-electron chi connectivity index (χ4n) is 2.75. The Bertz CT molecular complexity index is 217. The molecule has 0 heterocycles. The first-order valence-electron chi connectivity index (χ1n) is 6.31. The standard InChI is InChI=1S/C13H24N2/c1-4-12-6-5-7-13(10-12)15(9-8-14)11(2)3/h11-13H,4-7,9-10H2,1-3H3. The Kier molecular flexibility index (Phi) is 5.11. The van der Waals surface area contributed by atoms with Crippen LogP contribution in [-0.2, 0) is 0 Å². The second-order valence-electron chi connectivity index (χ2n) is 5.02. The summed E-state index contributed by atoms with van der Waals surface area (Å²) in [5, 5.41) is 8.85. The van der Waals surface area contributed by atoms with Gasteiger partial charge in [-0.3, -0.25) is 4.90 Å². The zero-order valence-electron chi connectivity index (χ0n) is 10.4. The van der Waals surface area contributed by atoms with Crippen molar-refractivity contribution < 1.29 is 0 Å². The molecule has 0 aromatic carbocycles. The van der Waals surface area contributed by atoms with Crippen molar-refractivity contribution in [2.75, 3.05) is 6.54 Å². The second-order valence-corrected chi connectivity index (χ2v) is 5.02. The lowest BCUT2D eigenvalue weighted by atomic mass is 9.83. The number of nitrogens with zero attached hydrogens (tertiary/aromatic N) is 2. The highest BCUT2D eigenvalue weighted by Crippen LogP contribution is 2.30. The molecule has 2 unspecified atom stereocenters. The zero-order valence-corrected chi connectivity index (χ0v) is 10.4. The first-order valence-corrected chi connectivity index (χ1v) is 6.31. The molecular weight excluding hydrogens is 184 g/mol. The van der Waals surface area contributed by atoms with Gasteiger partial charge in [-0.1, -0.05) is 26.2 Å². The molecule has 86 valence electrons. The first kappa shape index (κ1) is 12.5. The summed E-state index contributed by atoms with van der Waals surface area (Å²) in [4.78, 5) is 2.38. The third-order valence-electron chi connectivity index (χ3n) is 3.72. The van der Waals surface area contributed by atoms with Crippen molar-refractivity contribution in [1.29, 1.82) is 5.26 Å². The van der Waals surface area contributed by atoms with Gasteiger partial charge in [0, 0.05) is 12.1 Å². The van der Waals surface area contributed by atoms with Gasteiger partial charge in [0.2, 0.25) is 0 Å². The van der Waals surface area contributed by atoms with Gasteiger partial charge in [-0.2, -0.15) is 5.26 Å². The van der Waals surface area contributed by atoms with Crippen LogP contribution in [0.1, 0.15) is 52.9 Å². The van der Waals surface area contributed by atoms with Crippen LogP contribution in [0.15, 0.2) is 0 Å². The first-order chi connectivity index (χ1) is 7.19. The molecule has 15 heavy (non-hydrogen) atoms. The maximum atomic E-state index is 8.85. The van der Waals surface area contributed by atoms with Crippen molar-refractivity contribution in [3.63, 3.8) is 0 Å². The Hall–Kier alpha value is -0.550. The summed E-state index contributed by atoms with van der Waals surface area (Å²) >= 11 is 0. The average molecular weight is 208 g/mol. The Labute approximate surface area is 94.3 Å². The number of hydrogen-bond acceptors (Lipinski definition) is 2. The fourth-order valence-corrected chi connectivity index (χ4v) is 2.75. The molecule has 0 bridgehead atoms. The summed E-state index contributed by atoms with van der Waals surface area (Å²) in [6.45, 7) is 7.29. The predicted octanol–water partition coefficient (Wildman–Crippen LogP) is 3.19. The fraction of sp³-hybridized carbons (Fsp3) is 0.923. The van der Waals surface area contributed by atoms with Gasteiger partial charge in [0.15, 0.2) is 0 Å². The van der Waals surface area contributed by atoms with E-state index in [1.165, 1.54) is 32.1 Å². The van der Waals surface area contributed by atoms with Gasteiger partial charge in [0.25, 0.3) is 0 Å². The highest BCUT2D eigenvalue weighted by Gasteiger charge is 2.26. The van der Waals surface area contributed by atoms with Crippen LogP contribution < -0.4 is 0 Å². The molecule has 0 saturated heterocycles. The van der Waals surface area contributed by atoms with Crippen LogP contribution in [0, 0.1) is 17.2 Å². The third kappa shape index (κ3) is 3.50. The summed E-state index contributed by atoms with van der Waals surface area (Å²) in [5.41, 5.74) is 0. The molecule has 1 rings (SSSR count). The van der Waals surface area contributed by atoms with Gasteiger partial charge < -0.3 is 0 Å². The van der Waals surface area contributed by atoms with Crippen LogP contribution in [0.3, 0.4) is 0 Å². The van der Waals surface area contributed by atoms with Gasteiger partial charge >= 0.3 is 0 Å². The molecule has 0 spiro atoms. The van der Waals surface area contributed by atoms with E-state index in [-0.39, 0.29) is 0 Å². The topological polar surface area (TPSA) is 27.0 Å². The average Bonchev–Trinajstić information content (AvgIpc) is 2.25. The number of hydrogen-bond donors (Lipinski definition) is 0. The molecule has 0 amide bonds. The quantitative estimate of drug-likeness (QED) is 0.663. The van der Waals surface area contributed by atoms with Crippen LogP contribution in [0.2, 0.25) is 0 Å². The maximum absolute atomic E-state index is 8.85. The third-order valence-corrected chi connectivity index (χ3v) is 3.72. The van der Waals surface area contributed by atoms with Gasteiger partial charge in [0.05, 0.1) is 12.6 Å². The normalized spacial score (nSPS) is 26.9. The summed E-state index contributed by atoms with van der Waals surface area (Å²) in [7, 11) is 0. The molecule has 2 atom stereocenters. The van der Waals surface area contributed by atoms with E-state index in [0.717, 1.165) is 5.92 Å². The highest BCUT2D eigenvalue weighted by molar-refractivity contribution is 4.87. The van der Waals surface area contributed by atoms with E-state index in [4.69, 9.17) is 5.26 Å². The number of nitriles is 1. The van der Waals surface area contributed by atoms with E-state index in [2.05, 4.69) is 31.7 Å². The molecule has 0 N–H and O–H groups in total. The minimum absolute atomic E-state index is 0.505. The summed E-state index contributed by atoms with van der Waals surface area (Å²) in [6.07, 6.45) is 6.63. The van der Waals surface area contributed by atoms with E-state index in [0.29, 0.717) is 18.6 Å². The molecular formula is C13H24N2. The van der Waals surface area contributed by atoms with Crippen LogP contribution in [0.5, 0.6) is 0 Å². The monoisotopic (exact) mass is 208 g/mol. The van der Waals surface area contributed by atoms with Crippen molar-refractivity contribution in [2.45, 2.75) is 65.0 Å². The van der Waals surface area contributed by atoms with E-state index in [9.17, 15) is 0 Å². The molecule has 2 heteroatoms. The largest absolute Gasteiger partial charge is 0.285 e. The van der Waals surface area contributed by atoms with E-state index < -0.39 is 0 Å². The lowest BCUT2D eigenvalue weighted by Gasteiger charge is -2.38. The van der Waals surface area contributed by atoms with Crippen LogP contribution in [-0.4, -0.2) is 23.5 Å². The van der Waals surface area contributed by atoms with Crippen LogP contribution in [0.4, 0.5) is 0 Å².